The lowest BCUT2D eigenvalue weighted by Crippen LogP contribution is -2.37. The van der Waals surface area contributed by atoms with Crippen molar-refractivity contribution in [1.82, 2.24) is 5.32 Å². The zero-order valence-corrected chi connectivity index (χ0v) is 11.3. The van der Waals surface area contributed by atoms with E-state index in [0.29, 0.717) is 12.0 Å². The van der Waals surface area contributed by atoms with E-state index in [9.17, 15) is 9.59 Å². The van der Waals surface area contributed by atoms with Crippen LogP contribution in [0.25, 0.3) is 0 Å². The lowest BCUT2D eigenvalue weighted by molar-refractivity contribution is -0.119. The molecule has 0 fully saturated rings. The Hall–Kier alpha value is -1.64. The Kier molecular flexibility index (Phi) is 6.87. The molecule has 0 saturated carbocycles. The standard InChI is InChI=1S/C10H9NO2.2C2H6/c1-6-2-3-7-5-9(12)11-10(13)8(7)4-6;2*1-2/h2-4H,5H2,1H3,(H,11,12,13);2*1-2H3. The quantitative estimate of drug-likeness (QED) is 0.703. The molecule has 1 aromatic carbocycles. The molecule has 2 amide bonds. The van der Waals surface area contributed by atoms with Gasteiger partial charge in [0.15, 0.2) is 0 Å². The van der Waals surface area contributed by atoms with Crippen LogP contribution in [0.4, 0.5) is 0 Å². The Labute approximate surface area is 103 Å². The Morgan fingerprint density at radius 2 is 1.65 bits per heavy atom. The van der Waals surface area contributed by atoms with Gasteiger partial charge in [0, 0.05) is 5.56 Å². The molecule has 0 saturated heterocycles. The molecule has 0 atom stereocenters. The number of imide groups is 1. The number of fused-ring (bicyclic) bond motifs is 1. The van der Waals surface area contributed by atoms with E-state index in [2.05, 4.69) is 5.32 Å². The van der Waals surface area contributed by atoms with E-state index in [1.807, 2.05) is 46.8 Å². The smallest absolute Gasteiger partial charge is 0.258 e. The van der Waals surface area contributed by atoms with Crippen LogP contribution in [0.2, 0.25) is 0 Å². The fourth-order valence-electron chi connectivity index (χ4n) is 1.47. The van der Waals surface area contributed by atoms with Gasteiger partial charge in [0.05, 0.1) is 6.42 Å². The molecule has 0 aromatic heterocycles. The molecule has 2 rings (SSSR count). The summed E-state index contributed by atoms with van der Waals surface area (Å²) in [6.45, 7) is 9.92. The van der Waals surface area contributed by atoms with Crippen LogP contribution in [0.1, 0.15) is 49.2 Å². The first kappa shape index (κ1) is 15.4. The summed E-state index contributed by atoms with van der Waals surface area (Å²) in [5, 5.41) is 2.28. The van der Waals surface area contributed by atoms with Gasteiger partial charge in [0.2, 0.25) is 5.91 Å². The van der Waals surface area contributed by atoms with Gasteiger partial charge in [-0.05, 0) is 18.6 Å². The largest absolute Gasteiger partial charge is 0.292 e. The number of hydrogen-bond acceptors (Lipinski definition) is 2. The van der Waals surface area contributed by atoms with Gasteiger partial charge in [-0.25, -0.2) is 0 Å². The van der Waals surface area contributed by atoms with Crippen molar-refractivity contribution in [2.24, 2.45) is 0 Å². The average molecular weight is 235 g/mol. The van der Waals surface area contributed by atoms with Crippen molar-refractivity contribution >= 4 is 11.8 Å². The van der Waals surface area contributed by atoms with Crippen molar-refractivity contribution in [3.8, 4) is 0 Å². The van der Waals surface area contributed by atoms with Crippen molar-refractivity contribution in [1.29, 1.82) is 0 Å². The summed E-state index contributed by atoms with van der Waals surface area (Å²) in [6.07, 6.45) is 0.307. The molecule has 0 bridgehead atoms. The van der Waals surface area contributed by atoms with Gasteiger partial charge in [-0.15, -0.1) is 0 Å². The minimum atomic E-state index is -0.282. The third-order valence-corrected chi connectivity index (χ3v) is 2.11. The van der Waals surface area contributed by atoms with Crippen LogP contribution in [0.3, 0.4) is 0 Å². The van der Waals surface area contributed by atoms with Gasteiger partial charge < -0.3 is 0 Å². The van der Waals surface area contributed by atoms with Crippen molar-refractivity contribution in [3.05, 3.63) is 34.9 Å². The molecular weight excluding hydrogens is 214 g/mol. The van der Waals surface area contributed by atoms with Crippen molar-refractivity contribution in [2.75, 3.05) is 0 Å². The van der Waals surface area contributed by atoms with Gasteiger partial charge in [-0.3, -0.25) is 14.9 Å². The first-order valence-corrected chi connectivity index (χ1v) is 6.10. The summed E-state index contributed by atoms with van der Waals surface area (Å²) in [4.78, 5) is 22.3. The molecule has 0 spiro atoms. The summed E-state index contributed by atoms with van der Waals surface area (Å²) < 4.78 is 0. The summed E-state index contributed by atoms with van der Waals surface area (Å²) in [7, 11) is 0. The molecular formula is C14H21NO2. The number of carbonyl (C=O) groups is 2. The predicted octanol–water partition coefficient (Wildman–Crippen LogP) is 2.86. The number of carbonyl (C=O) groups excluding carboxylic acids is 2. The molecule has 1 aromatic rings. The highest BCUT2D eigenvalue weighted by atomic mass is 16.2. The maximum absolute atomic E-state index is 11.3. The highest BCUT2D eigenvalue weighted by Gasteiger charge is 2.21. The topological polar surface area (TPSA) is 46.2 Å². The van der Waals surface area contributed by atoms with Crippen LogP contribution < -0.4 is 5.32 Å². The van der Waals surface area contributed by atoms with Crippen molar-refractivity contribution in [2.45, 2.75) is 41.0 Å². The van der Waals surface area contributed by atoms with Crippen molar-refractivity contribution in [3.63, 3.8) is 0 Å². The molecule has 1 heterocycles. The van der Waals surface area contributed by atoms with Gasteiger partial charge in [0.1, 0.15) is 0 Å². The Morgan fingerprint density at radius 3 is 2.24 bits per heavy atom. The maximum Gasteiger partial charge on any atom is 0.258 e. The van der Waals surface area contributed by atoms with E-state index in [1.54, 1.807) is 6.07 Å². The van der Waals surface area contributed by atoms with E-state index in [4.69, 9.17) is 0 Å². The van der Waals surface area contributed by atoms with Gasteiger partial charge in [-0.2, -0.15) is 0 Å². The number of hydrogen-bond donors (Lipinski definition) is 1. The number of benzene rings is 1. The fourth-order valence-corrected chi connectivity index (χ4v) is 1.47. The van der Waals surface area contributed by atoms with Crippen LogP contribution in [-0.2, 0) is 11.2 Å². The SMILES string of the molecule is CC.CC.Cc1ccc2c(c1)C(=O)NC(=O)C2. The number of nitrogens with one attached hydrogen (secondary N) is 1. The summed E-state index contributed by atoms with van der Waals surface area (Å²) in [5.74, 6) is -0.503. The minimum absolute atomic E-state index is 0.221. The maximum atomic E-state index is 11.3. The molecule has 3 nitrogen and oxygen atoms in total. The second-order valence-electron chi connectivity index (χ2n) is 3.21. The van der Waals surface area contributed by atoms with Gasteiger partial charge >= 0.3 is 0 Å². The summed E-state index contributed by atoms with van der Waals surface area (Å²) in [6, 6.07) is 5.54. The zero-order chi connectivity index (χ0) is 13.4. The van der Waals surface area contributed by atoms with Gasteiger partial charge in [-0.1, -0.05) is 45.4 Å². The van der Waals surface area contributed by atoms with Crippen LogP contribution in [0.5, 0.6) is 0 Å². The molecule has 17 heavy (non-hydrogen) atoms. The van der Waals surface area contributed by atoms with Crippen LogP contribution in [0, 0.1) is 6.92 Å². The third-order valence-electron chi connectivity index (χ3n) is 2.11. The second kappa shape index (κ2) is 7.60. The predicted molar refractivity (Wildman–Crippen MR) is 70.1 cm³/mol. The Morgan fingerprint density at radius 1 is 1.06 bits per heavy atom. The normalized spacial score (nSPS) is 12.3. The average Bonchev–Trinajstić information content (AvgIpc) is 2.35. The first-order valence-electron chi connectivity index (χ1n) is 6.10. The zero-order valence-electron chi connectivity index (χ0n) is 11.3. The lowest BCUT2D eigenvalue weighted by atomic mass is 9.98. The van der Waals surface area contributed by atoms with E-state index >= 15 is 0 Å². The Bertz CT molecular complexity index is 397. The summed E-state index contributed by atoms with van der Waals surface area (Å²) in [5.41, 5.74) is 2.47. The van der Waals surface area contributed by atoms with Crippen LogP contribution in [-0.4, -0.2) is 11.8 Å². The molecule has 1 N–H and O–H groups in total. The second-order valence-corrected chi connectivity index (χ2v) is 3.21. The monoisotopic (exact) mass is 235 g/mol. The summed E-state index contributed by atoms with van der Waals surface area (Å²) >= 11 is 0. The number of amides is 2. The van der Waals surface area contributed by atoms with E-state index in [-0.39, 0.29) is 11.8 Å². The lowest BCUT2D eigenvalue weighted by Gasteiger charge is -2.15. The molecule has 0 aliphatic carbocycles. The van der Waals surface area contributed by atoms with Crippen molar-refractivity contribution < 1.29 is 9.59 Å². The third kappa shape index (κ3) is 4.02. The Balaban J connectivity index is 0.000000581. The molecule has 94 valence electrons. The highest BCUT2D eigenvalue weighted by molar-refractivity contribution is 6.09. The minimum Gasteiger partial charge on any atom is -0.292 e. The molecule has 1 aliphatic rings. The van der Waals surface area contributed by atoms with Gasteiger partial charge in [0.25, 0.3) is 5.91 Å². The fraction of sp³-hybridized carbons (Fsp3) is 0.429. The molecule has 3 heteroatoms. The van der Waals surface area contributed by atoms with E-state index in [0.717, 1.165) is 11.1 Å². The van der Waals surface area contributed by atoms with Crippen LogP contribution >= 0.6 is 0 Å². The van der Waals surface area contributed by atoms with E-state index in [1.165, 1.54) is 0 Å². The number of rotatable bonds is 0. The molecule has 1 aliphatic heterocycles. The van der Waals surface area contributed by atoms with Crippen LogP contribution in [0.15, 0.2) is 18.2 Å². The van der Waals surface area contributed by atoms with E-state index < -0.39 is 0 Å². The molecule has 0 unspecified atom stereocenters. The highest BCUT2D eigenvalue weighted by Crippen LogP contribution is 2.15. The molecule has 0 radical (unpaired) electrons. The first-order chi connectivity index (χ1) is 8.16. The number of aryl methyl sites for hydroxylation is 1.